The molecule has 1 saturated heterocycles. The first kappa shape index (κ1) is 89.6. The minimum atomic E-state index is -1.39. The van der Waals surface area contributed by atoms with E-state index in [9.17, 15) is 73.3 Å². The Labute approximate surface area is 691 Å². The fraction of sp³-hybridized carbons (Fsp3) is 0.407. The minimum absolute atomic E-state index is 0. The number of anilines is 2. The van der Waals surface area contributed by atoms with Gasteiger partial charge in [0, 0.05) is 84.1 Å². The van der Waals surface area contributed by atoms with Gasteiger partial charge in [0.15, 0.2) is 0 Å². The number of ether oxygens (including phenoxy) is 2. The summed E-state index contributed by atoms with van der Waals surface area (Å²) < 4.78 is 43.6. The topological polar surface area (TPSA) is 302 Å². The summed E-state index contributed by atoms with van der Waals surface area (Å²) in [5.41, 5.74) is 10.2. The number of nitrogens with zero attached hydrogens (tertiary/aromatic N) is 2. The number of hydrogen-bond donors (Lipinski definition) is 7. The van der Waals surface area contributed by atoms with E-state index in [0.29, 0.717) is 80.3 Å². The van der Waals surface area contributed by atoms with Gasteiger partial charge in [0.2, 0.25) is 0 Å². The van der Waals surface area contributed by atoms with Crippen molar-refractivity contribution in [3.63, 3.8) is 0 Å². The predicted octanol–water partition coefficient (Wildman–Crippen LogP) is 14.2. The van der Waals surface area contributed by atoms with Gasteiger partial charge in [0.1, 0.15) is 23.8 Å². The number of cyclic esters (lactones) is 1. The maximum Gasteiger partial charge on any atom is 2.00 e. The van der Waals surface area contributed by atoms with Crippen molar-refractivity contribution in [2.45, 2.75) is 207 Å². The Morgan fingerprint density at radius 1 is 0.593 bits per heavy atom. The molecular formula is C91H106CaF2N4O15. The summed E-state index contributed by atoms with van der Waals surface area (Å²) in [6.45, 7) is 18.8. The van der Waals surface area contributed by atoms with E-state index in [-0.39, 0.29) is 137 Å². The number of halogens is 2. The van der Waals surface area contributed by atoms with Crippen LogP contribution in [0.1, 0.15) is 183 Å². The zero-order valence-corrected chi connectivity index (χ0v) is 68.2. The molecule has 0 spiro atoms. The van der Waals surface area contributed by atoms with Crippen molar-refractivity contribution in [2.24, 2.45) is 29.1 Å². The molecule has 0 radical (unpaired) electrons. The van der Waals surface area contributed by atoms with Crippen molar-refractivity contribution in [3.8, 4) is 44.8 Å². The molecular weight excluding hydrogens is 1470 g/mol. The fourth-order valence-electron chi connectivity index (χ4n) is 15.5. The van der Waals surface area contributed by atoms with E-state index in [2.05, 4.69) is 42.7 Å². The van der Waals surface area contributed by atoms with E-state index >= 15 is 0 Å². The van der Waals surface area contributed by atoms with Gasteiger partial charge in [-0.2, -0.15) is 0 Å². The second-order valence-corrected chi connectivity index (χ2v) is 31.0. The third kappa shape index (κ3) is 24.3. The maximum absolute atomic E-state index is 14.0. The molecule has 11 atom stereocenters. The van der Waals surface area contributed by atoms with Crippen LogP contribution < -0.4 is 20.8 Å². The van der Waals surface area contributed by atoms with E-state index in [1.165, 1.54) is 29.8 Å². The van der Waals surface area contributed by atoms with Gasteiger partial charge in [-0.05, 0) is 195 Å². The fourth-order valence-corrected chi connectivity index (χ4v) is 15.5. The number of fused-ring (bicyclic) bond motifs is 1. The van der Waals surface area contributed by atoms with Gasteiger partial charge in [-0.15, -0.1) is 0 Å². The monoisotopic (exact) mass is 1570 g/mol. The third-order valence-electron chi connectivity index (χ3n) is 21.2. The second kappa shape index (κ2) is 41.9. The Bertz CT molecular complexity index is 4300. The number of para-hydroxylation sites is 2. The number of aliphatic hydroxyl groups excluding tert-OH is 5. The third-order valence-corrected chi connectivity index (χ3v) is 21.2. The van der Waals surface area contributed by atoms with Crippen LogP contribution in [-0.4, -0.2) is 151 Å². The van der Waals surface area contributed by atoms with Gasteiger partial charge >= 0.3 is 49.7 Å². The molecule has 0 saturated carbocycles. The number of nitrogens with one attached hydrogen (secondary N) is 2. The van der Waals surface area contributed by atoms with Gasteiger partial charge < -0.3 is 74.6 Å². The second-order valence-electron chi connectivity index (χ2n) is 31.0. The van der Waals surface area contributed by atoms with E-state index in [4.69, 9.17) is 9.47 Å². The van der Waals surface area contributed by atoms with Crippen molar-refractivity contribution in [1.29, 1.82) is 0 Å². The van der Waals surface area contributed by atoms with Crippen LogP contribution in [0.2, 0.25) is 0 Å². The summed E-state index contributed by atoms with van der Waals surface area (Å²) in [7, 11) is 0. The van der Waals surface area contributed by atoms with Crippen LogP contribution in [0.25, 0.3) is 44.8 Å². The number of carbonyl (C=O) groups is 6. The standard InChI is InChI=1S/2C33H35FN2O5.C25H38O5.Ca/c2*1-21(2)31-30(33(41)35-25-11-7-4-8-12-25)29(22-9-5-3-6-10-22)32(23-13-15-24(34)16-14-23)36(31)18-17-26(37)19-27(38)20-28(39)40;1-6-25(4,5)24(28)30-21-12-15(2)11-17-8-7-16(3)20(23(17)21)10-9-19-13-18(26)14-22(27)29-19;/h2*3-16,21,26-27,37-38H,17-20H2,1-2H3,(H,35,41)(H,39,40);7-8,11,15-16,18-21,23,26H,6,9-10,12-14H2,1-5H3;/q;;;+2/p-2/t2*26-,27-;15-,16-,18+,19+,20-,21-,23-;/m110./s1. The Hall–Kier alpha value is -8.90. The molecule has 1 fully saturated rings. The number of carbonyl (C=O) groups excluding carboxylic acids is 6. The van der Waals surface area contributed by atoms with Crippen LogP contribution >= 0.6 is 0 Å². The molecule has 2 aromatic heterocycles. The molecule has 3 heterocycles. The summed E-state index contributed by atoms with van der Waals surface area (Å²) in [6.07, 6.45) is 4.07. The number of amides is 2. The van der Waals surface area contributed by atoms with Crippen LogP contribution in [-0.2, 0) is 41.7 Å². The maximum atomic E-state index is 14.0. The average Bonchev–Trinajstić information content (AvgIpc) is 1.60. The number of benzene rings is 6. The summed E-state index contributed by atoms with van der Waals surface area (Å²) in [5, 5.41) is 79.1. The normalized spacial score (nSPS) is 18.9. The summed E-state index contributed by atoms with van der Waals surface area (Å²) >= 11 is 0. The van der Waals surface area contributed by atoms with Crippen molar-refractivity contribution < 1.29 is 82.8 Å². The summed E-state index contributed by atoms with van der Waals surface area (Å²) in [4.78, 5) is 74.4. The van der Waals surface area contributed by atoms with E-state index < -0.39 is 72.3 Å². The number of aliphatic carboxylic acids is 2. The molecule has 6 aromatic carbocycles. The van der Waals surface area contributed by atoms with E-state index in [0.717, 1.165) is 48.2 Å². The summed E-state index contributed by atoms with van der Waals surface area (Å²) in [5.74, 6) is -3.63. The zero-order valence-electron chi connectivity index (χ0n) is 66.0. The first-order valence-corrected chi connectivity index (χ1v) is 38.9. The number of aliphatic hydroxyl groups is 5. The average molecular weight is 1570 g/mol. The molecule has 113 heavy (non-hydrogen) atoms. The Kier molecular flexibility index (Phi) is 33.3. The molecule has 11 rings (SSSR count). The Balaban J connectivity index is 0.000000214. The molecule has 1 aliphatic heterocycles. The number of hydrogen-bond acceptors (Lipinski definition) is 15. The van der Waals surface area contributed by atoms with Crippen LogP contribution in [0.5, 0.6) is 0 Å². The molecule has 19 nitrogen and oxygen atoms in total. The molecule has 22 heteroatoms. The van der Waals surface area contributed by atoms with Crippen LogP contribution in [0.15, 0.2) is 194 Å². The summed E-state index contributed by atoms with van der Waals surface area (Å²) in [6, 6.07) is 49.4. The molecule has 0 bridgehead atoms. The molecule has 8 aromatic rings. The van der Waals surface area contributed by atoms with Crippen molar-refractivity contribution in [3.05, 3.63) is 228 Å². The van der Waals surface area contributed by atoms with Crippen LogP contribution in [0.4, 0.5) is 20.2 Å². The van der Waals surface area contributed by atoms with E-state index in [1.807, 2.05) is 155 Å². The van der Waals surface area contributed by atoms with Crippen LogP contribution in [0.3, 0.4) is 0 Å². The van der Waals surface area contributed by atoms with Crippen LogP contribution in [0, 0.1) is 40.7 Å². The molecule has 2 amide bonds. The van der Waals surface area contributed by atoms with Gasteiger partial charge in [-0.3, -0.25) is 19.2 Å². The quantitative estimate of drug-likeness (QED) is 0.0163. The minimum Gasteiger partial charge on any atom is -0.550 e. The Morgan fingerprint density at radius 3 is 1.40 bits per heavy atom. The number of esters is 2. The molecule has 0 unspecified atom stereocenters. The van der Waals surface area contributed by atoms with Crippen molar-refractivity contribution in [2.75, 3.05) is 10.6 Å². The van der Waals surface area contributed by atoms with Crippen molar-refractivity contribution in [1.82, 2.24) is 9.13 Å². The molecule has 7 N–H and O–H groups in total. The van der Waals surface area contributed by atoms with E-state index in [1.54, 1.807) is 48.5 Å². The smallest absolute Gasteiger partial charge is 0.550 e. The first-order valence-electron chi connectivity index (χ1n) is 38.9. The van der Waals surface area contributed by atoms with Gasteiger partial charge in [0.25, 0.3) is 11.8 Å². The number of rotatable bonds is 30. The zero-order chi connectivity index (χ0) is 81.1. The number of allylic oxidation sites excluding steroid dienone is 3. The molecule has 596 valence electrons. The predicted molar refractivity (Wildman–Crippen MR) is 430 cm³/mol. The number of aromatic nitrogens is 2. The van der Waals surface area contributed by atoms with Crippen molar-refractivity contribution >= 4 is 84.8 Å². The van der Waals surface area contributed by atoms with Gasteiger partial charge in [-0.1, -0.05) is 164 Å². The largest absolute Gasteiger partial charge is 2.00 e. The first-order chi connectivity index (χ1) is 53.4. The number of carboxylic acid groups (broad SMARTS) is 2. The van der Waals surface area contributed by atoms with Gasteiger partial charge in [-0.25, -0.2) is 8.78 Å². The molecule has 3 aliphatic rings. The number of carboxylic acids is 2. The Morgan fingerprint density at radius 2 is 1.01 bits per heavy atom. The molecule has 2 aliphatic carbocycles. The SMILES string of the molecule is CC(C)c1c(C(=O)Nc2ccccc2)c(-c2ccccc2)c(-c2ccc(F)cc2)n1CC[C@@H](O)C[C@@H](O)CC(=O)[O-].CC(C)c1c(C(=O)Nc2ccccc2)c(-c2ccccc2)c(-c2ccc(F)cc2)n1CC[C@@H](O)C[C@@H](O)CC(=O)[O-].CCC(C)(C)C(=O)O[C@H]1C[C@@H](C)C=C2C=C[C@H](C)[C@H](CC[C@@H]3C[C@@H](O)CC(=O)O3)[C@H]21.[Ca+2]. The van der Waals surface area contributed by atoms with Gasteiger partial charge in [0.05, 0.1) is 64.9 Å².